The summed E-state index contributed by atoms with van der Waals surface area (Å²) in [7, 11) is 0. The molecule has 3 nitrogen and oxygen atoms in total. The SMILES string of the molecule is O=C(O)CC(C1CCCO1)C(F)(F)F. The minimum absolute atomic E-state index is 0.289. The van der Waals surface area contributed by atoms with Crippen LogP contribution in [0.2, 0.25) is 0 Å². The van der Waals surface area contributed by atoms with E-state index in [1.807, 2.05) is 0 Å². The first-order chi connectivity index (χ1) is 6.41. The Morgan fingerprint density at radius 2 is 2.21 bits per heavy atom. The molecule has 0 radical (unpaired) electrons. The highest BCUT2D eigenvalue weighted by Crippen LogP contribution is 2.36. The van der Waals surface area contributed by atoms with Crippen LogP contribution in [0.15, 0.2) is 0 Å². The predicted octanol–water partition coefficient (Wildman–Crippen LogP) is 1.82. The zero-order chi connectivity index (χ0) is 10.8. The van der Waals surface area contributed by atoms with E-state index in [0.29, 0.717) is 6.42 Å². The van der Waals surface area contributed by atoms with E-state index in [2.05, 4.69) is 0 Å². The molecule has 14 heavy (non-hydrogen) atoms. The fourth-order valence-electron chi connectivity index (χ4n) is 1.57. The average molecular weight is 212 g/mol. The summed E-state index contributed by atoms with van der Waals surface area (Å²) in [6.07, 6.45) is -5.53. The van der Waals surface area contributed by atoms with Gasteiger partial charge in [0.15, 0.2) is 0 Å². The number of rotatable bonds is 3. The Morgan fingerprint density at radius 3 is 2.57 bits per heavy atom. The first-order valence-electron chi connectivity index (χ1n) is 4.31. The number of halogens is 3. The minimum Gasteiger partial charge on any atom is -0.481 e. The van der Waals surface area contributed by atoms with Gasteiger partial charge < -0.3 is 9.84 Å². The van der Waals surface area contributed by atoms with E-state index in [1.54, 1.807) is 0 Å². The second kappa shape index (κ2) is 4.16. The molecule has 1 fully saturated rings. The summed E-state index contributed by atoms with van der Waals surface area (Å²) in [5.74, 6) is -3.31. The normalized spacial score (nSPS) is 24.9. The van der Waals surface area contributed by atoms with Crippen molar-refractivity contribution in [2.75, 3.05) is 6.61 Å². The monoisotopic (exact) mass is 212 g/mol. The van der Waals surface area contributed by atoms with Crippen molar-refractivity contribution in [1.82, 2.24) is 0 Å². The molecule has 0 saturated carbocycles. The van der Waals surface area contributed by atoms with Crippen LogP contribution in [0.5, 0.6) is 0 Å². The number of carboxylic acids is 1. The lowest BCUT2D eigenvalue weighted by Crippen LogP contribution is -2.35. The standard InChI is InChI=1S/C8H11F3O3/c9-8(10,11)5(4-7(12)13)6-2-1-3-14-6/h5-6H,1-4H2,(H,12,13). The number of alkyl halides is 3. The van der Waals surface area contributed by atoms with Gasteiger partial charge in [-0.15, -0.1) is 0 Å². The van der Waals surface area contributed by atoms with Crippen LogP contribution >= 0.6 is 0 Å². The fraction of sp³-hybridized carbons (Fsp3) is 0.875. The van der Waals surface area contributed by atoms with Crippen molar-refractivity contribution in [3.63, 3.8) is 0 Å². The number of aliphatic carboxylic acids is 1. The lowest BCUT2D eigenvalue weighted by molar-refractivity contribution is -0.206. The van der Waals surface area contributed by atoms with Gasteiger partial charge in [0.2, 0.25) is 0 Å². The highest BCUT2D eigenvalue weighted by atomic mass is 19.4. The van der Waals surface area contributed by atoms with Gasteiger partial charge in [-0.2, -0.15) is 13.2 Å². The molecule has 1 N–H and O–H groups in total. The molecule has 0 aliphatic carbocycles. The topological polar surface area (TPSA) is 46.5 Å². The second-order valence-corrected chi connectivity index (χ2v) is 3.30. The Kier molecular flexibility index (Phi) is 3.36. The highest BCUT2D eigenvalue weighted by Gasteiger charge is 2.47. The molecular formula is C8H11F3O3. The summed E-state index contributed by atoms with van der Waals surface area (Å²) in [6.45, 7) is 0.289. The van der Waals surface area contributed by atoms with Crippen molar-refractivity contribution in [1.29, 1.82) is 0 Å². The van der Waals surface area contributed by atoms with Crippen molar-refractivity contribution in [3.05, 3.63) is 0 Å². The van der Waals surface area contributed by atoms with Gasteiger partial charge in [-0.05, 0) is 12.8 Å². The lowest BCUT2D eigenvalue weighted by Gasteiger charge is -2.23. The van der Waals surface area contributed by atoms with Crippen LogP contribution in [-0.2, 0) is 9.53 Å². The van der Waals surface area contributed by atoms with Crippen molar-refractivity contribution in [2.45, 2.75) is 31.5 Å². The maximum Gasteiger partial charge on any atom is 0.394 e. The molecule has 0 aromatic rings. The van der Waals surface area contributed by atoms with Gasteiger partial charge in [-0.3, -0.25) is 4.79 Å². The smallest absolute Gasteiger partial charge is 0.394 e. The van der Waals surface area contributed by atoms with E-state index in [0.717, 1.165) is 0 Å². The van der Waals surface area contributed by atoms with Gasteiger partial charge in [0, 0.05) is 6.61 Å². The molecule has 0 spiro atoms. The highest BCUT2D eigenvalue weighted by molar-refractivity contribution is 5.67. The first kappa shape index (κ1) is 11.3. The number of carbonyl (C=O) groups is 1. The zero-order valence-electron chi connectivity index (χ0n) is 7.38. The maximum absolute atomic E-state index is 12.4. The van der Waals surface area contributed by atoms with E-state index >= 15 is 0 Å². The molecule has 1 aliphatic rings. The Bertz CT molecular complexity index is 208. The molecule has 2 unspecified atom stereocenters. The zero-order valence-corrected chi connectivity index (χ0v) is 7.38. The fourth-order valence-corrected chi connectivity index (χ4v) is 1.57. The van der Waals surface area contributed by atoms with Crippen LogP contribution in [0, 0.1) is 5.92 Å². The van der Waals surface area contributed by atoms with E-state index in [9.17, 15) is 18.0 Å². The summed E-state index contributed by atoms with van der Waals surface area (Å²) in [6, 6.07) is 0. The van der Waals surface area contributed by atoms with Crippen molar-refractivity contribution in [2.24, 2.45) is 5.92 Å². The molecule has 2 atom stereocenters. The summed E-state index contributed by atoms with van der Waals surface area (Å²) in [5.41, 5.74) is 0. The number of ether oxygens (including phenoxy) is 1. The second-order valence-electron chi connectivity index (χ2n) is 3.30. The minimum atomic E-state index is -4.49. The lowest BCUT2D eigenvalue weighted by atomic mass is 9.96. The van der Waals surface area contributed by atoms with Crippen LogP contribution in [-0.4, -0.2) is 30.0 Å². The molecule has 1 aliphatic heterocycles. The maximum atomic E-state index is 12.4. The third kappa shape index (κ3) is 2.87. The quantitative estimate of drug-likeness (QED) is 0.776. The summed E-state index contributed by atoms with van der Waals surface area (Å²) in [4.78, 5) is 10.3. The molecule has 1 heterocycles. The third-order valence-electron chi connectivity index (χ3n) is 2.23. The van der Waals surface area contributed by atoms with Crippen molar-refractivity contribution < 1.29 is 27.8 Å². The number of hydrogen-bond acceptors (Lipinski definition) is 2. The Morgan fingerprint density at radius 1 is 1.57 bits per heavy atom. The van der Waals surface area contributed by atoms with Gasteiger partial charge in [0.25, 0.3) is 0 Å². The molecule has 1 rings (SSSR count). The van der Waals surface area contributed by atoms with Gasteiger partial charge in [0.05, 0.1) is 18.4 Å². The Labute approximate surface area is 78.9 Å². The average Bonchev–Trinajstić information content (AvgIpc) is 2.49. The molecule has 0 aromatic carbocycles. The van der Waals surface area contributed by atoms with Crippen LogP contribution in [0.3, 0.4) is 0 Å². The van der Waals surface area contributed by atoms with Gasteiger partial charge in [-0.1, -0.05) is 0 Å². The third-order valence-corrected chi connectivity index (χ3v) is 2.23. The molecule has 1 saturated heterocycles. The summed E-state index contributed by atoms with van der Waals surface area (Å²) < 4.78 is 42.0. The molecule has 0 bridgehead atoms. The predicted molar refractivity (Wildman–Crippen MR) is 40.8 cm³/mol. The molecule has 6 heteroatoms. The number of hydrogen-bond donors (Lipinski definition) is 1. The van der Waals surface area contributed by atoms with Gasteiger partial charge in [-0.25, -0.2) is 0 Å². The van der Waals surface area contributed by atoms with Crippen LogP contribution < -0.4 is 0 Å². The van der Waals surface area contributed by atoms with Crippen LogP contribution in [0.4, 0.5) is 13.2 Å². The molecule has 82 valence electrons. The number of carboxylic acid groups (broad SMARTS) is 1. The molecular weight excluding hydrogens is 201 g/mol. The Hall–Kier alpha value is -0.780. The van der Waals surface area contributed by atoms with E-state index < -0.39 is 30.6 Å². The van der Waals surface area contributed by atoms with Crippen molar-refractivity contribution in [3.8, 4) is 0 Å². The first-order valence-corrected chi connectivity index (χ1v) is 4.31. The molecule has 0 aromatic heterocycles. The van der Waals surface area contributed by atoms with E-state index in [1.165, 1.54) is 0 Å². The largest absolute Gasteiger partial charge is 0.481 e. The summed E-state index contributed by atoms with van der Waals surface area (Å²) >= 11 is 0. The Balaban J connectivity index is 2.65. The van der Waals surface area contributed by atoms with E-state index in [-0.39, 0.29) is 13.0 Å². The van der Waals surface area contributed by atoms with Crippen LogP contribution in [0.1, 0.15) is 19.3 Å². The van der Waals surface area contributed by atoms with Gasteiger partial charge >= 0.3 is 12.1 Å². The van der Waals surface area contributed by atoms with E-state index in [4.69, 9.17) is 9.84 Å². The van der Waals surface area contributed by atoms with Gasteiger partial charge in [0.1, 0.15) is 0 Å². The van der Waals surface area contributed by atoms with Crippen LogP contribution in [0.25, 0.3) is 0 Å². The molecule has 0 amide bonds. The summed E-state index contributed by atoms with van der Waals surface area (Å²) in [5, 5.41) is 8.35. The van der Waals surface area contributed by atoms with Crippen molar-refractivity contribution >= 4 is 5.97 Å².